The molecule has 0 bridgehead atoms. The number of benzene rings is 1. The summed E-state index contributed by atoms with van der Waals surface area (Å²) >= 11 is 0. The lowest BCUT2D eigenvalue weighted by Crippen LogP contribution is -2.33. The molecule has 100 valence electrons. The summed E-state index contributed by atoms with van der Waals surface area (Å²) < 4.78 is 10.4. The fourth-order valence-corrected chi connectivity index (χ4v) is 1.60. The molecule has 1 N–H and O–H groups in total. The van der Waals surface area contributed by atoms with Gasteiger partial charge in [-0.25, -0.2) is 0 Å². The molecule has 0 radical (unpaired) electrons. The predicted molar refractivity (Wildman–Crippen MR) is 71.1 cm³/mol. The normalized spacial score (nSPS) is 11.8. The van der Waals surface area contributed by atoms with Crippen molar-refractivity contribution in [3.05, 3.63) is 23.8 Å². The monoisotopic (exact) mass is 251 g/mol. The number of ether oxygens (including phenoxy) is 2. The van der Waals surface area contributed by atoms with Gasteiger partial charge in [0.1, 0.15) is 11.5 Å². The Morgan fingerprint density at radius 2 is 2.06 bits per heavy atom. The summed E-state index contributed by atoms with van der Waals surface area (Å²) in [4.78, 5) is 11.8. The van der Waals surface area contributed by atoms with Crippen molar-refractivity contribution in [1.29, 1.82) is 0 Å². The van der Waals surface area contributed by atoms with Crippen LogP contribution in [-0.4, -0.2) is 26.2 Å². The Morgan fingerprint density at radius 1 is 1.33 bits per heavy atom. The van der Waals surface area contributed by atoms with Gasteiger partial charge < -0.3 is 14.8 Å². The molecule has 1 atom stereocenters. The second-order valence-electron chi connectivity index (χ2n) is 4.23. The Balaban J connectivity index is 2.74. The van der Waals surface area contributed by atoms with Crippen LogP contribution in [0.4, 0.5) is 0 Å². The van der Waals surface area contributed by atoms with Gasteiger partial charge in [0.2, 0.25) is 5.91 Å². The van der Waals surface area contributed by atoms with E-state index in [0.717, 1.165) is 17.7 Å². The molecule has 18 heavy (non-hydrogen) atoms. The highest BCUT2D eigenvalue weighted by molar-refractivity contribution is 5.79. The molecule has 0 heterocycles. The molecule has 4 heteroatoms. The second kappa shape index (κ2) is 6.89. The van der Waals surface area contributed by atoms with Crippen molar-refractivity contribution in [3.8, 4) is 11.5 Å². The number of hydrogen-bond donors (Lipinski definition) is 1. The Kier molecular flexibility index (Phi) is 5.49. The van der Waals surface area contributed by atoms with Gasteiger partial charge >= 0.3 is 0 Å². The quantitative estimate of drug-likeness (QED) is 0.842. The molecule has 0 saturated carbocycles. The van der Waals surface area contributed by atoms with Crippen LogP contribution in [0.3, 0.4) is 0 Å². The van der Waals surface area contributed by atoms with Gasteiger partial charge in [0.05, 0.1) is 20.6 Å². The molecule has 1 unspecified atom stereocenters. The summed E-state index contributed by atoms with van der Waals surface area (Å²) in [6.07, 6.45) is 1.24. The first kappa shape index (κ1) is 14.4. The van der Waals surface area contributed by atoms with Crippen molar-refractivity contribution in [3.63, 3.8) is 0 Å². The van der Waals surface area contributed by atoms with Crippen LogP contribution in [0.1, 0.15) is 25.8 Å². The number of carbonyl (C=O) groups excluding carboxylic acids is 1. The third kappa shape index (κ3) is 3.95. The lowest BCUT2D eigenvalue weighted by Gasteiger charge is -2.13. The van der Waals surface area contributed by atoms with Crippen LogP contribution in [0.5, 0.6) is 11.5 Å². The van der Waals surface area contributed by atoms with E-state index in [9.17, 15) is 4.79 Å². The van der Waals surface area contributed by atoms with Gasteiger partial charge in [-0.1, -0.05) is 13.0 Å². The Bertz CT molecular complexity index is 404. The van der Waals surface area contributed by atoms with Crippen LogP contribution in [0.25, 0.3) is 0 Å². The molecule has 0 saturated heterocycles. The molecule has 0 spiro atoms. The Hall–Kier alpha value is -1.71. The molecule has 1 rings (SSSR count). The van der Waals surface area contributed by atoms with Gasteiger partial charge in [0, 0.05) is 17.7 Å². The first-order chi connectivity index (χ1) is 8.60. The standard InChI is InChI=1S/C14H21NO3/c1-5-10(2)15-14(16)8-11-6-7-12(17-3)9-13(11)18-4/h6-7,9-10H,5,8H2,1-4H3,(H,15,16). The molecule has 0 aliphatic heterocycles. The van der Waals surface area contributed by atoms with Gasteiger partial charge in [-0.05, 0) is 19.4 Å². The number of hydrogen-bond acceptors (Lipinski definition) is 3. The first-order valence-corrected chi connectivity index (χ1v) is 6.11. The van der Waals surface area contributed by atoms with Crippen LogP contribution in [0, 0.1) is 0 Å². The lowest BCUT2D eigenvalue weighted by molar-refractivity contribution is -0.121. The summed E-state index contributed by atoms with van der Waals surface area (Å²) in [5, 5.41) is 2.93. The molecular weight excluding hydrogens is 230 g/mol. The summed E-state index contributed by atoms with van der Waals surface area (Å²) in [6, 6.07) is 5.66. The zero-order valence-electron chi connectivity index (χ0n) is 11.4. The van der Waals surface area contributed by atoms with Crippen LogP contribution in [-0.2, 0) is 11.2 Å². The molecular formula is C14H21NO3. The largest absolute Gasteiger partial charge is 0.497 e. The molecule has 0 fully saturated rings. The SMILES string of the molecule is CCC(C)NC(=O)Cc1ccc(OC)cc1OC. The zero-order chi connectivity index (χ0) is 13.5. The van der Waals surface area contributed by atoms with Gasteiger partial charge in [-0.2, -0.15) is 0 Å². The number of carbonyl (C=O) groups is 1. The maximum atomic E-state index is 11.8. The smallest absolute Gasteiger partial charge is 0.224 e. The van der Waals surface area contributed by atoms with Crippen LogP contribution in [0.2, 0.25) is 0 Å². The van der Waals surface area contributed by atoms with E-state index >= 15 is 0 Å². The van der Waals surface area contributed by atoms with Crippen molar-refractivity contribution in [2.45, 2.75) is 32.7 Å². The van der Waals surface area contributed by atoms with Crippen molar-refractivity contribution >= 4 is 5.91 Å². The van der Waals surface area contributed by atoms with Crippen molar-refractivity contribution in [2.24, 2.45) is 0 Å². The van der Waals surface area contributed by atoms with Crippen molar-refractivity contribution < 1.29 is 14.3 Å². The molecule has 0 aliphatic rings. The molecule has 0 aliphatic carbocycles. The minimum atomic E-state index is 0.00724. The van der Waals surface area contributed by atoms with E-state index in [-0.39, 0.29) is 11.9 Å². The Labute approximate surface area is 108 Å². The average molecular weight is 251 g/mol. The number of methoxy groups -OCH3 is 2. The van der Waals surface area contributed by atoms with Gasteiger partial charge in [-0.3, -0.25) is 4.79 Å². The number of rotatable bonds is 6. The highest BCUT2D eigenvalue weighted by Gasteiger charge is 2.11. The van der Waals surface area contributed by atoms with Gasteiger partial charge in [0.25, 0.3) is 0 Å². The minimum Gasteiger partial charge on any atom is -0.497 e. The maximum Gasteiger partial charge on any atom is 0.224 e. The highest BCUT2D eigenvalue weighted by Crippen LogP contribution is 2.24. The molecule has 0 aromatic heterocycles. The minimum absolute atomic E-state index is 0.00724. The van der Waals surface area contributed by atoms with Crippen LogP contribution >= 0.6 is 0 Å². The summed E-state index contributed by atoms with van der Waals surface area (Å²) in [6.45, 7) is 4.03. The topological polar surface area (TPSA) is 47.6 Å². The van der Waals surface area contributed by atoms with E-state index in [2.05, 4.69) is 5.32 Å². The summed E-state index contributed by atoms with van der Waals surface area (Å²) in [7, 11) is 3.19. The Morgan fingerprint density at radius 3 is 2.61 bits per heavy atom. The predicted octanol–water partition coefficient (Wildman–Crippen LogP) is 2.16. The van der Waals surface area contributed by atoms with E-state index < -0.39 is 0 Å². The van der Waals surface area contributed by atoms with Crippen molar-refractivity contribution in [1.82, 2.24) is 5.32 Å². The van der Waals surface area contributed by atoms with E-state index in [4.69, 9.17) is 9.47 Å². The summed E-state index contributed by atoms with van der Waals surface area (Å²) in [5.41, 5.74) is 0.860. The van der Waals surface area contributed by atoms with E-state index in [0.29, 0.717) is 12.2 Å². The molecule has 4 nitrogen and oxygen atoms in total. The summed E-state index contributed by atoms with van der Waals surface area (Å²) in [5.74, 6) is 1.40. The second-order valence-corrected chi connectivity index (χ2v) is 4.23. The third-order valence-corrected chi connectivity index (χ3v) is 2.87. The highest BCUT2D eigenvalue weighted by atomic mass is 16.5. The molecule has 1 amide bonds. The number of nitrogens with one attached hydrogen (secondary N) is 1. The zero-order valence-corrected chi connectivity index (χ0v) is 11.4. The number of amides is 1. The average Bonchev–Trinajstić information content (AvgIpc) is 2.38. The lowest BCUT2D eigenvalue weighted by atomic mass is 10.1. The van der Waals surface area contributed by atoms with Gasteiger partial charge in [-0.15, -0.1) is 0 Å². The van der Waals surface area contributed by atoms with E-state index in [1.54, 1.807) is 20.3 Å². The van der Waals surface area contributed by atoms with Gasteiger partial charge in [0.15, 0.2) is 0 Å². The first-order valence-electron chi connectivity index (χ1n) is 6.11. The third-order valence-electron chi connectivity index (χ3n) is 2.87. The van der Waals surface area contributed by atoms with Crippen molar-refractivity contribution in [2.75, 3.05) is 14.2 Å². The van der Waals surface area contributed by atoms with E-state index in [1.165, 1.54) is 0 Å². The fourth-order valence-electron chi connectivity index (χ4n) is 1.60. The van der Waals surface area contributed by atoms with E-state index in [1.807, 2.05) is 26.0 Å². The fraction of sp³-hybridized carbons (Fsp3) is 0.500. The van der Waals surface area contributed by atoms with Crippen LogP contribution < -0.4 is 14.8 Å². The molecule has 1 aromatic rings. The maximum absolute atomic E-state index is 11.8. The van der Waals surface area contributed by atoms with Crippen LogP contribution in [0.15, 0.2) is 18.2 Å². The molecule has 1 aromatic carbocycles.